The Morgan fingerprint density at radius 2 is 2.17 bits per heavy atom. The minimum atomic E-state index is -1.22. The second-order valence-corrected chi connectivity index (χ2v) is 8.10. The summed E-state index contributed by atoms with van der Waals surface area (Å²) in [5.41, 5.74) is 7.65. The summed E-state index contributed by atoms with van der Waals surface area (Å²) >= 11 is 7.79. The normalized spacial score (nSPS) is 13.7. The van der Waals surface area contributed by atoms with Gasteiger partial charge >= 0.3 is 0 Å². The third-order valence-corrected chi connectivity index (χ3v) is 6.11. The first kappa shape index (κ1) is 19.8. The predicted octanol–water partition coefficient (Wildman–Crippen LogP) is 3.69. The van der Waals surface area contributed by atoms with Crippen molar-refractivity contribution in [3.8, 4) is 11.3 Å². The van der Waals surface area contributed by atoms with Crippen molar-refractivity contribution in [2.24, 2.45) is 0 Å². The Labute approximate surface area is 176 Å². The van der Waals surface area contributed by atoms with Crippen molar-refractivity contribution in [3.05, 3.63) is 57.8 Å². The highest BCUT2D eigenvalue weighted by Crippen LogP contribution is 2.38. The summed E-state index contributed by atoms with van der Waals surface area (Å²) in [7, 11) is 1.66. The molecule has 1 atom stereocenters. The van der Waals surface area contributed by atoms with E-state index in [1.807, 2.05) is 29.8 Å². The van der Waals surface area contributed by atoms with Crippen molar-refractivity contribution < 1.29 is 9.84 Å². The van der Waals surface area contributed by atoms with E-state index in [0.29, 0.717) is 28.9 Å². The molecule has 4 aromatic rings. The number of aromatic nitrogens is 4. The van der Waals surface area contributed by atoms with E-state index in [1.165, 1.54) is 17.5 Å². The van der Waals surface area contributed by atoms with Crippen molar-refractivity contribution >= 4 is 39.8 Å². The van der Waals surface area contributed by atoms with Crippen LogP contribution in [0, 0.1) is 0 Å². The minimum Gasteiger partial charge on any atom is -0.383 e. The molecular formula is C20H20ClN5O2S. The fraction of sp³-hybridized carbons (Fsp3) is 0.250. The number of ether oxygens (including phenoxy) is 1. The highest BCUT2D eigenvalue weighted by molar-refractivity contribution is 7.09. The quantitative estimate of drug-likeness (QED) is 0.485. The average molecular weight is 430 g/mol. The van der Waals surface area contributed by atoms with Gasteiger partial charge in [0.1, 0.15) is 10.6 Å². The maximum atomic E-state index is 11.2. The Kier molecular flexibility index (Phi) is 5.26. The summed E-state index contributed by atoms with van der Waals surface area (Å²) in [4.78, 5) is 12.6. The molecule has 0 bridgehead atoms. The number of nitrogen functional groups attached to an aromatic ring is 1. The van der Waals surface area contributed by atoms with Gasteiger partial charge in [-0.15, -0.1) is 11.3 Å². The number of nitrogens with zero attached hydrogens (tertiary/aromatic N) is 4. The van der Waals surface area contributed by atoms with Gasteiger partial charge < -0.3 is 20.1 Å². The van der Waals surface area contributed by atoms with Crippen LogP contribution in [0.4, 0.5) is 5.95 Å². The molecule has 0 saturated heterocycles. The van der Waals surface area contributed by atoms with Gasteiger partial charge in [-0.1, -0.05) is 17.7 Å². The highest BCUT2D eigenvalue weighted by Gasteiger charge is 2.29. The van der Waals surface area contributed by atoms with Gasteiger partial charge in [0.05, 0.1) is 23.5 Å². The monoisotopic (exact) mass is 429 g/mol. The Balaban J connectivity index is 1.93. The zero-order valence-electron chi connectivity index (χ0n) is 16.0. The van der Waals surface area contributed by atoms with E-state index in [1.54, 1.807) is 20.2 Å². The van der Waals surface area contributed by atoms with Crippen molar-refractivity contribution in [1.29, 1.82) is 0 Å². The number of anilines is 1. The molecule has 1 aromatic carbocycles. The van der Waals surface area contributed by atoms with Gasteiger partial charge in [0.2, 0.25) is 5.95 Å². The molecular weight excluding hydrogens is 410 g/mol. The summed E-state index contributed by atoms with van der Waals surface area (Å²) in [5, 5.41) is 14.9. The van der Waals surface area contributed by atoms with E-state index < -0.39 is 5.60 Å². The molecule has 3 N–H and O–H groups in total. The van der Waals surface area contributed by atoms with Crippen LogP contribution in [0.15, 0.2) is 42.2 Å². The van der Waals surface area contributed by atoms with Crippen molar-refractivity contribution in [3.63, 3.8) is 0 Å². The molecule has 0 radical (unpaired) electrons. The number of halogens is 1. The number of hydrogen-bond donors (Lipinski definition) is 2. The van der Waals surface area contributed by atoms with Crippen LogP contribution >= 0.6 is 22.9 Å². The predicted molar refractivity (Wildman–Crippen MR) is 115 cm³/mol. The molecule has 0 spiro atoms. The van der Waals surface area contributed by atoms with Crippen LogP contribution in [-0.2, 0) is 16.9 Å². The smallest absolute Gasteiger partial charge is 0.220 e. The van der Waals surface area contributed by atoms with Crippen LogP contribution < -0.4 is 5.73 Å². The Hall–Kier alpha value is -2.52. The van der Waals surface area contributed by atoms with E-state index >= 15 is 0 Å². The number of hydrogen-bond acceptors (Lipinski definition) is 7. The lowest BCUT2D eigenvalue weighted by Crippen LogP contribution is -2.22. The number of rotatable bonds is 6. The lowest BCUT2D eigenvalue weighted by Gasteiger charge is -2.21. The molecule has 1 unspecified atom stereocenters. The molecule has 0 aliphatic heterocycles. The zero-order chi connectivity index (χ0) is 20.6. The van der Waals surface area contributed by atoms with Crippen LogP contribution in [0.1, 0.15) is 17.5 Å². The number of nitrogens with two attached hydrogens (primary N) is 1. The van der Waals surface area contributed by atoms with E-state index in [2.05, 4.69) is 19.5 Å². The maximum Gasteiger partial charge on any atom is 0.220 e. The topological polar surface area (TPSA) is 99.1 Å². The van der Waals surface area contributed by atoms with Crippen LogP contribution in [0.25, 0.3) is 22.2 Å². The second kappa shape index (κ2) is 7.72. The molecule has 7 nitrogen and oxygen atoms in total. The Bertz CT molecular complexity index is 1160. The van der Waals surface area contributed by atoms with Gasteiger partial charge in [-0.3, -0.25) is 0 Å². The number of thiazole rings is 1. The Morgan fingerprint density at radius 3 is 2.90 bits per heavy atom. The summed E-state index contributed by atoms with van der Waals surface area (Å²) in [6, 6.07) is 5.83. The molecule has 29 heavy (non-hydrogen) atoms. The molecule has 0 aliphatic rings. The fourth-order valence-electron chi connectivity index (χ4n) is 3.32. The number of benzene rings is 1. The van der Waals surface area contributed by atoms with Crippen LogP contribution in [-0.4, -0.2) is 38.3 Å². The SMILES string of the molecule is COCCn1cc(-c2nc(N)ncc2Cl)c2cc(C(C)(O)c3nccs3)ccc21. The molecule has 0 aliphatic carbocycles. The molecule has 150 valence electrons. The third-order valence-electron chi connectivity index (χ3n) is 4.85. The van der Waals surface area contributed by atoms with Crippen molar-refractivity contribution in [2.75, 3.05) is 19.5 Å². The maximum absolute atomic E-state index is 11.2. The lowest BCUT2D eigenvalue weighted by atomic mass is 9.94. The van der Waals surface area contributed by atoms with Crippen molar-refractivity contribution in [2.45, 2.75) is 19.1 Å². The van der Waals surface area contributed by atoms with Gasteiger partial charge in [-0.05, 0) is 24.6 Å². The zero-order valence-corrected chi connectivity index (χ0v) is 17.5. The molecule has 0 fully saturated rings. The largest absolute Gasteiger partial charge is 0.383 e. The summed E-state index contributed by atoms with van der Waals surface area (Å²) < 4.78 is 7.31. The van der Waals surface area contributed by atoms with Crippen LogP contribution in [0.2, 0.25) is 5.02 Å². The van der Waals surface area contributed by atoms with Gasteiger partial charge in [-0.2, -0.15) is 0 Å². The molecule has 3 aromatic heterocycles. The van der Waals surface area contributed by atoms with Gasteiger partial charge in [0, 0.05) is 47.9 Å². The minimum absolute atomic E-state index is 0.146. The van der Waals surface area contributed by atoms with Gasteiger partial charge in [-0.25, -0.2) is 15.0 Å². The first-order valence-electron chi connectivity index (χ1n) is 8.95. The van der Waals surface area contributed by atoms with Crippen LogP contribution in [0.3, 0.4) is 0 Å². The number of fused-ring (bicyclic) bond motifs is 1. The van der Waals surface area contributed by atoms with Crippen LogP contribution in [0.5, 0.6) is 0 Å². The van der Waals surface area contributed by atoms with Crippen molar-refractivity contribution in [1.82, 2.24) is 19.5 Å². The summed E-state index contributed by atoms with van der Waals surface area (Å²) in [5.74, 6) is 0.146. The summed E-state index contributed by atoms with van der Waals surface area (Å²) in [6.45, 7) is 2.96. The number of aliphatic hydroxyl groups is 1. The molecule has 0 saturated carbocycles. The van der Waals surface area contributed by atoms with E-state index in [-0.39, 0.29) is 5.95 Å². The number of methoxy groups -OCH3 is 1. The molecule has 3 heterocycles. The first-order chi connectivity index (χ1) is 13.9. The average Bonchev–Trinajstić information content (AvgIpc) is 3.36. The van der Waals surface area contributed by atoms with Gasteiger partial charge in [0.25, 0.3) is 0 Å². The van der Waals surface area contributed by atoms with Gasteiger partial charge in [0.15, 0.2) is 0 Å². The fourth-order valence-corrected chi connectivity index (χ4v) is 4.23. The van der Waals surface area contributed by atoms with E-state index in [0.717, 1.165) is 22.0 Å². The summed E-state index contributed by atoms with van der Waals surface area (Å²) in [6.07, 6.45) is 5.15. The second-order valence-electron chi connectivity index (χ2n) is 6.80. The van der Waals surface area contributed by atoms with E-state index in [4.69, 9.17) is 22.1 Å². The molecule has 9 heteroatoms. The lowest BCUT2D eigenvalue weighted by molar-refractivity contribution is 0.102. The molecule has 4 rings (SSSR count). The Morgan fingerprint density at radius 1 is 1.34 bits per heavy atom. The van der Waals surface area contributed by atoms with E-state index in [9.17, 15) is 5.11 Å². The first-order valence-corrected chi connectivity index (χ1v) is 10.2. The molecule has 0 amide bonds. The highest BCUT2D eigenvalue weighted by atomic mass is 35.5. The standard InChI is InChI=1S/C20H20ClN5O2S/c1-20(27,18-23-5-8-29-18)12-3-4-16-13(9-12)14(11-26(16)6-7-28-2)17-15(21)10-24-19(22)25-17/h3-5,8-11,27H,6-7H2,1-2H3,(H2,22,24,25). The third kappa shape index (κ3) is 3.60.